The number of aromatic amines is 2. The quantitative estimate of drug-likeness (QED) is 0.141. The number of fused-ring (bicyclic) bond motifs is 2. The fraction of sp³-hybridized carbons (Fsp3) is 0.312. The van der Waals surface area contributed by atoms with Crippen LogP contribution in [0.1, 0.15) is 50.9 Å². The molecule has 2 aromatic heterocycles. The Morgan fingerprint density at radius 1 is 1.12 bits per heavy atom. The van der Waals surface area contributed by atoms with Crippen LogP contribution in [0.25, 0.3) is 17.0 Å². The molecule has 41 heavy (non-hydrogen) atoms. The van der Waals surface area contributed by atoms with E-state index in [1.165, 1.54) is 28.2 Å². The first-order chi connectivity index (χ1) is 20.1. The Hall–Kier alpha value is -4.18. The molecule has 2 amide bonds. The minimum Gasteiger partial charge on any atom is -0.378 e. The van der Waals surface area contributed by atoms with Gasteiger partial charge >= 0.3 is 0 Å². The number of nitrogens with one attached hydrogen (secondary N) is 3. The van der Waals surface area contributed by atoms with Crippen molar-refractivity contribution in [1.82, 2.24) is 25.2 Å². The molecule has 6 rings (SSSR count). The highest BCUT2D eigenvalue weighted by Crippen LogP contribution is 2.37. The van der Waals surface area contributed by atoms with Gasteiger partial charge in [0.25, 0.3) is 11.8 Å². The number of aromatic nitrogens is 2. The number of morpholine rings is 1. The van der Waals surface area contributed by atoms with Gasteiger partial charge in [-0.15, -0.1) is 0 Å². The van der Waals surface area contributed by atoms with Crippen LogP contribution in [0.2, 0.25) is 0 Å². The fourth-order valence-corrected chi connectivity index (χ4v) is 6.07. The molecule has 2 aromatic carbocycles. The number of hydrogen-bond acceptors (Lipinski definition) is 5. The predicted octanol–water partition coefficient (Wildman–Crippen LogP) is 4.22. The van der Waals surface area contributed by atoms with Crippen LogP contribution in [0.3, 0.4) is 0 Å². The second kappa shape index (κ2) is 12.1. The van der Waals surface area contributed by atoms with Gasteiger partial charge in [0.05, 0.1) is 13.2 Å². The second-order valence-corrected chi connectivity index (χ2v) is 10.7. The zero-order valence-electron chi connectivity index (χ0n) is 22.9. The molecule has 0 spiro atoms. The van der Waals surface area contributed by atoms with E-state index in [-0.39, 0.29) is 11.9 Å². The number of H-pyrrole nitrogens is 2. The van der Waals surface area contributed by atoms with Gasteiger partial charge in [-0.2, -0.15) is 0 Å². The van der Waals surface area contributed by atoms with E-state index in [1.807, 2.05) is 29.2 Å². The number of benzene rings is 2. The molecule has 1 fully saturated rings. The summed E-state index contributed by atoms with van der Waals surface area (Å²) in [6.07, 6.45) is 7.98. The van der Waals surface area contributed by atoms with Gasteiger partial charge in [0.2, 0.25) is 0 Å². The number of ether oxygens (including phenoxy) is 1. The highest BCUT2D eigenvalue weighted by molar-refractivity contribution is 5.92. The summed E-state index contributed by atoms with van der Waals surface area (Å²) in [5, 5.41) is 10.0. The lowest BCUT2D eigenvalue weighted by Crippen LogP contribution is -2.40. The van der Waals surface area contributed by atoms with E-state index in [4.69, 9.17) is 9.94 Å². The number of nitrogens with zero attached hydrogens (tertiary/aromatic N) is 2. The molecule has 9 heteroatoms. The molecular weight excluding hydrogens is 518 g/mol. The van der Waals surface area contributed by atoms with E-state index in [0.29, 0.717) is 38.5 Å². The first-order valence-electron chi connectivity index (χ1n) is 14.2. The van der Waals surface area contributed by atoms with Crippen LogP contribution in [0.15, 0.2) is 66.9 Å². The molecule has 1 atom stereocenters. The summed E-state index contributed by atoms with van der Waals surface area (Å²) < 4.78 is 5.41. The molecule has 0 bridgehead atoms. The van der Waals surface area contributed by atoms with E-state index in [1.54, 1.807) is 11.6 Å². The van der Waals surface area contributed by atoms with Crippen LogP contribution in [-0.4, -0.2) is 69.6 Å². The summed E-state index contributed by atoms with van der Waals surface area (Å²) in [7, 11) is 0. The van der Waals surface area contributed by atoms with Crippen molar-refractivity contribution in [3.05, 3.63) is 101 Å². The molecule has 1 aliphatic carbocycles. The van der Waals surface area contributed by atoms with E-state index in [9.17, 15) is 9.59 Å². The molecule has 212 valence electrons. The van der Waals surface area contributed by atoms with Gasteiger partial charge in [-0.3, -0.25) is 19.7 Å². The van der Waals surface area contributed by atoms with Crippen molar-refractivity contribution in [1.29, 1.82) is 0 Å². The first kappa shape index (κ1) is 27.0. The average molecular weight is 554 g/mol. The standard InChI is InChI=1S/C32H35N5O4/c38-31(35-40)12-6-22-5-9-27-23(19-22)7-11-30(27)37(14-13-24-20-33-28-4-2-1-3-26(24)28)21-25-8-10-29(34-25)32(39)36-15-17-41-18-16-36/h1-6,8-10,12,19-20,30,33-34,40H,7,11,13-18,21H2,(H,35,38)/b12-6+. The summed E-state index contributed by atoms with van der Waals surface area (Å²) >= 11 is 0. The summed E-state index contributed by atoms with van der Waals surface area (Å²) in [5.74, 6) is -0.532. The van der Waals surface area contributed by atoms with Crippen molar-refractivity contribution in [2.24, 2.45) is 0 Å². The topological polar surface area (TPSA) is 114 Å². The Bertz CT molecular complexity index is 1570. The highest BCUT2D eigenvalue weighted by atomic mass is 16.5. The molecule has 0 saturated carbocycles. The van der Waals surface area contributed by atoms with Gasteiger partial charge in [0, 0.05) is 61.1 Å². The van der Waals surface area contributed by atoms with Crippen molar-refractivity contribution < 1.29 is 19.5 Å². The molecule has 9 nitrogen and oxygen atoms in total. The summed E-state index contributed by atoms with van der Waals surface area (Å²) in [5.41, 5.74) is 9.20. The maximum absolute atomic E-state index is 13.0. The van der Waals surface area contributed by atoms with E-state index >= 15 is 0 Å². The molecular formula is C32H35N5O4. The largest absolute Gasteiger partial charge is 0.378 e. The van der Waals surface area contributed by atoms with Gasteiger partial charge in [0.1, 0.15) is 5.69 Å². The minimum absolute atomic E-state index is 0.0200. The lowest BCUT2D eigenvalue weighted by Gasteiger charge is -2.29. The van der Waals surface area contributed by atoms with Crippen molar-refractivity contribution in [2.45, 2.75) is 31.8 Å². The third kappa shape index (κ3) is 5.97. The Labute approximate surface area is 238 Å². The molecule has 4 N–H and O–H groups in total. The summed E-state index contributed by atoms with van der Waals surface area (Å²) in [4.78, 5) is 35.6. The van der Waals surface area contributed by atoms with E-state index in [0.717, 1.165) is 42.6 Å². The number of carbonyl (C=O) groups is 2. The average Bonchev–Trinajstić information content (AvgIpc) is 3.76. The third-order valence-electron chi connectivity index (χ3n) is 8.18. The van der Waals surface area contributed by atoms with Gasteiger partial charge in [-0.1, -0.05) is 36.4 Å². The number of hydroxylamine groups is 1. The van der Waals surface area contributed by atoms with Gasteiger partial charge in [0.15, 0.2) is 0 Å². The third-order valence-corrected chi connectivity index (χ3v) is 8.18. The maximum Gasteiger partial charge on any atom is 0.270 e. The number of rotatable bonds is 9. The van der Waals surface area contributed by atoms with Crippen LogP contribution >= 0.6 is 0 Å². The lowest BCUT2D eigenvalue weighted by atomic mass is 10.0. The zero-order chi connectivity index (χ0) is 28.2. The Kier molecular flexibility index (Phi) is 8.00. The molecule has 2 aliphatic rings. The molecule has 1 unspecified atom stereocenters. The van der Waals surface area contributed by atoms with Crippen molar-refractivity contribution in [3.63, 3.8) is 0 Å². The van der Waals surface area contributed by atoms with Gasteiger partial charge in [-0.05, 0) is 65.8 Å². The number of carbonyl (C=O) groups excluding carboxylic acids is 2. The highest BCUT2D eigenvalue weighted by Gasteiger charge is 2.29. The summed E-state index contributed by atoms with van der Waals surface area (Å²) in [6, 6.07) is 18.9. The van der Waals surface area contributed by atoms with Crippen molar-refractivity contribution in [3.8, 4) is 0 Å². The SMILES string of the molecule is O=C(/C=C/c1ccc2c(c1)CCC2N(CCc1c[nH]c2ccccc12)Cc1ccc(C(=O)N2CCOCC2)[nH]1)NO. The smallest absolute Gasteiger partial charge is 0.270 e. The minimum atomic E-state index is -0.552. The van der Waals surface area contributed by atoms with Crippen molar-refractivity contribution in [2.75, 3.05) is 32.8 Å². The van der Waals surface area contributed by atoms with Gasteiger partial charge < -0.3 is 19.6 Å². The maximum atomic E-state index is 13.0. The van der Waals surface area contributed by atoms with E-state index < -0.39 is 5.91 Å². The van der Waals surface area contributed by atoms with Crippen LogP contribution in [0, 0.1) is 0 Å². The lowest BCUT2D eigenvalue weighted by molar-refractivity contribution is -0.124. The molecule has 0 radical (unpaired) electrons. The van der Waals surface area contributed by atoms with Crippen LogP contribution in [0.5, 0.6) is 0 Å². The first-order valence-corrected chi connectivity index (χ1v) is 14.2. The zero-order valence-corrected chi connectivity index (χ0v) is 22.9. The second-order valence-electron chi connectivity index (χ2n) is 10.7. The van der Waals surface area contributed by atoms with Crippen molar-refractivity contribution >= 4 is 28.8 Å². The van der Waals surface area contributed by atoms with Gasteiger partial charge in [-0.25, -0.2) is 5.48 Å². The normalized spacial score (nSPS) is 17.0. The van der Waals surface area contributed by atoms with Crippen LogP contribution < -0.4 is 5.48 Å². The Morgan fingerprint density at radius 2 is 1.98 bits per heavy atom. The molecule has 3 heterocycles. The Balaban J connectivity index is 1.23. The number of hydrogen-bond donors (Lipinski definition) is 4. The molecule has 1 aliphatic heterocycles. The number of para-hydroxylation sites is 1. The number of amides is 2. The molecule has 4 aromatic rings. The number of aryl methyl sites for hydroxylation is 1. The van der Waals surface area contributed by atoms with Crippen LogP contribution in [0.4, 0.5) is 0 Å². The predicted molar refractivity (Wildman–Crippen MR) is 156 cm³/mol. The fourth-order valence-electron chi connectivity index (χ4n) is 6.07. The molecule has 1 saturated heterocycles. The van der Waals surface area contributed by atoms with E-state index in [2.05, 4.69) is 51.4 Å². The summed E-state index contributed by atoms with van der Waals surface area (Å²) in [6.45, 7) is 3.94. The van der Waals surface area contributed by atoms with Crippen LogP contribution in [-0.2, 0) is 28.9 Å². The Morgan fingerprint density at radius 3 is 2.83 bits per heavy atom. The monoisotopic (exact) mass is 553 g/mol.